The molecule has 3 N–H and O–H groups in total. The molecule has 0 unspecified atom stereocenters. The number of hydrogen-bond donors (Lipinski definition) is 2. The number of hydrogen-bond acceptors (Lipinski definition) is 3. The molecular weight excluding hydrogens is 186 g/mol. The van der Waals surface area contributed by atoms with Gasteiger partial charge < -0.3 is 16.0 Å². The fraction of sp³-hybridized carbons (Fsp3) is 0.500. The molecule has 1 heterocycles. The highest BCUT2D eigenvalue weighted by Gasteiger charge is 2.15. The smallest absolute Gasteiger partial charge is 0.0326 e. The third-order valence-corrected chi connectivity index (χ3v) is 3.05. The average molecular weight is 205 g/mol. The third-order valence-electron chi connectivity index (χ3n) is 3.05. The molecule has 0 saturated carbocycles. The summed E-state index contributed by atoms with van der Waals surface area (Å²) >= 11 is 0. The van der Waals surface area contributed by atoms with Crippen molar-refractivity contribution in [2.75, 3.05) is 26.2 Å². The van der Waals surface area contributed by atoms with Crippen LogP contribution in [0.25, 0.3) is 0 Å². The Balaban J connectivity index is 2.01. The fourth-order valence-electron chi connectivity index (χ4n) is 2.03. The minimum atomic E-state index is 0.969. The predicted octanol–water partition coefficient (Wildman–Crippen LogP) is 0.968. The summed E-state index contributed by atoms with van der Waals surface area (Å²) in [5.74, 6) is 0. The van der Waals surface area contributed by atoms with E-state index in [0.717, 1.165) is 44.7 Å². The lowest BCUT2D eigenvalue weighted by Gasteiger charge is -2.32. The van der Waals surface area contributed by atoms with Crippen LogP contribution in [0.2, 0.25) is 0 Å². The SMILES string of the molecule is C=C(C1=CC=C(N)CC1)N1CCNCC1. The van der Waals surface area contributed by atoms with Gasteiger partial charge >= 0.3 is 0 Å². The average Bonchev–Trinajstić information content (AvgIpc) is 2.30. The molecule has 0 radical (unpaired) electrons. The summed E-state index contributed by atoms with van der Waals surface area (Å²) in [7, 11) is 0. The highest BCUT2D eigenvalue weighted by Crippen LogP contribution is 2.23. The van der Waals surface area contributed by atoms with E-state index in [2.05, 4.69) is 22.9 Å². The summed E-state index contributed by atoms with van der Waals surface area (Å²) in [4.78, 5) is 2.36. The van der Waals surface area contributed by atoms with E-state index in [1.165, 1.54) is 11.3 Å². The summed E-state index contributed by atoms with van der Waals surface area (Å²) < 4.78 is 0. The number of nitrogens with zero attached hydrogens (tertiary/aromatic N) is 1. The van der Waals surface area contributed by atoms with Crippen molar-refractivity contribution in [3.63, 3.8) is 0 Å². The number of piperazine rings is 1. The minimum Gasteiger partial charge on any atom is -0.402 e. The van der Waals surface area contributed by atoms with Gasteiger partial charge in [0.05, 0.1) is 0 Å². The van der Waals surface area contributed by atoms with Gasteiger partial charge in [-0.25, -0.2) is 0 Å². The van der Waals surface area contributed by atoms with E-state index in [0.29, 0.717) is 0 Å². The van der Waals surface area contributed by atoms with E-state index in [-0.39, 0.29) is 0 Å². The molecule has 15 heavy (non-hydrogen) atoms. The molecule has 2 aliphatic rings. The fourth-order valence-corrected chi connectivity index (χ4v) is 2.03. The second-order valence-corrected chi connectivity index (χ2v) is 4.12. The molecule has 0 aromatic rings. The van der Waals surface area contributed by atoms with Crippen molar-refractivity contribution in [3.05, 3.63) is 35.7 Å². The predicted molar refractivity (Wildman–Crippen MR) is 63.2 cm³/mol. The van der Waals surface area contributed by atoms with Gasteiger partial charge in [0.15, 0.2) is 0 Å². The molecule has 3 heteroatoms. The van der Waals surface area contributed by atoms with Crippen molar-refractivity contribution in [2.45, 2.75) is 12.8 Å². The zero-order valence-electron chi connectivity index (χ0n) is 9.13. The van der Waals surface area contributed by atoms with E-state index < -0.39 is 0 Å². The molecule has 0 aromatic carbocycles. The van der Waals surface area contributed by atoms with E-state index >= 15 is 0 Å². The van der Waals surface area contributed by atoms with E-state index in [1.54, 1.807) is 0 Å². The van der Waals surface area contributed by atoms with Crippen LogP contribution < -0.4 is 11.1 Å². The highest BCUT2D eigenvalue weighted by molar-refractivity contribution is 5.35. The van der Waals surface area contributed by atoms with Gasteiger partial charge in [-0.15, -0.1) is 0 Å². The zero-order chi connectivity index (χ0) is 10.7. The van der Waals surface area contributed by atoms with Crippen molar-refractivity contribution >= 4 is 0 Å². The maximum atomic E-state index is 5.74. The Bertz CT molecular complexity index is 309. The first-order valence-corrected chi connectivity index (χ1v) is 5.57. The Morgan fingerprint density at radius 3 is 2.60 bits per heavy atom. The molecule has 1 saturated heterocycles. The Morgan fingerprint density at radius 2 is 2.00 bits per heavy atom. The van der Waals surface area contributed by atoms with Crippen LogP contribution in [-0.4, -0.2) is 31.1 Å². The van der Waals surface area contributed by atoms with Gasteiger partial charge in [-0.3, -0.25) is 0 Å². The highest BCUT2D eigenvalue weighted by atomic mass is 15.2. The molecule has 3 nitrogen and oxygen atoms in total. The Hall–Kier alpha value is -1.22. The molecule has 1 aliphatic carbocycles. The summed E-state index contributed by atoms with van der Waals surface area (Å²) in [5, 5.41) is 3.35. The molecule has 0 atom stereocenters. The van der Waals surface area contributed by atoms with Gasteiger partial charge in [0.2, 0.25) is 0 Å². The number of nitrogens with one attached hydrogen (secondary N) is 1. The summed E-state index contributed by atoms with van der Waals surface area (Å²) in [5.41, 5.74) is 9.24. The maximum absolute atomic E-state index is 5.74. The zero-order valence-corrected chi connectivity index (χ0v) is 9.13. The van der Waals surface area contributed by atoms with Gasteiger partial charge in [-0.2, -0.15) is 0 Å². The van der Waals surface area contributed by atoms with Crippen molar-refractivity contribution in [1.29, 1.82) is 0 Å². The summed E-state index contributed by atoms with van der Waals surface area (Å²) in [6.45, 7) is 8.44. The largest absolute Gasteiger partial charge is 0.402 e. The quantitative estimate of drug-likeness (QED) is 0.706. The first kappa shape index (κ1) is 10.3. The molecule has 0 aromatic heterocycles. The van der Waals surface area contributed by atoms with Gasteiger partial charge in [-0.1, -0.05) is 12.7 Å². The van der Waals surface area contributed by atoms with Crippen LogP contribution in [0.3, 0.4) is 0 Å². The van der Waals surface area contributed by atoms with Crippen LogP contribution in [-0.2, 0) is 0 Å². The van der Waals surface area contributed by atoms with Gasteiger partial charge in [0.25, 0.3) is 0 Å². The van der Waals surface area contributed by atoms with Crippen LogP contribution in [0.15, 0.2) is 35.7 Å². The number of rotatable bonds is 2. The second kappa shape index (κ2) is 4.53. The third kappa shape index (κ3) is 2.42. The van der Waals surface area contributed by atoms with Crippen molar-refractivity contribution in [1.82, 2.24) is 10.2 Å². The molecular formula is C12H19N3. The standard InChI is InChI=1S/C12H19N3/c1-10(15-8-6-14-7-9-15)11-2-4-12(13)5-3-11/h2,4,14H,1,3,5-9,13H2. The lowest BCUT2D eigenvalue weighted by atomic mass is 9.99. The monoisotopic (exact) mass is 205 g/mol. The van der Waals surface area contributed by atoms with Gasteiger partial charge in [0, 0.05) is 37.6 Å². The lowest BCUT2D eigenvalue weighted by molar-refractivity contribution is 0.303. The first-order valence-electron chi connectivity index (χ1n) is 5.57. The molecule has 82 valence electrons. The van der Waals surface area contributed by atoms with Crippen molar-refractivity contribution in [3.8, 4) is 0 Å². The van der Waals surface area contributed by atoms with E-state index in [1.807, 2.05) is 6.08 Å². The lowest BCUT2D eigenvalue weighted by Crippen LogP contribution is -2.43. The number of nitrogens with two attached hydrogens (primary N) is 1. The van der Waals surface area contributed by atoms with E-state index in [9.17, 15) is 0 Å². The van der Waals surface area contributed by atoms with Crippen LogP contribution in [0.4, 0.5) is 0 Å². The van der Waals surface area contributed by atoms with Gasteiger partial charge in [-0.05, 0) is 24.5 Å². The van der Waals surface area contributed by atoms with E-state index in [4.69, 9.17) is 5.73 Å². The Labute approximate surface area is 91.3 Å². The normalized spacial score (nSPS) is 22.0. The van der Waals surface area contributed by atoms with Crippen molar-refractivity contribution < 1.29 is 0 Å². The Kier molecular flexibility index (Phi) is 3.11. The molecule has 0 amide bonds. The molecule has 0 spiro atoms. The van der Waals surface area contributed by atoms with Crippen LogP contribution in [0.1, 0.15) is 12.8 Å². The molecule has 1 fully saturated rings. The van der Waals surface area contributed by atoms with Gasteiger partial charge in [0.1, 0.15) is 0 Å². The van der Waals surface area contributed by atoms with Crippen molar-refractivity contribution in [2.24, 2.45) is 5.73 Å². The first-order chi connectivity index (χ1) is 7.27. The molecule has 0 bridgehead atoms. The topological polar surface area (TPSA) is 41.3 Å². The molecule has 2 rings (SSSR count). The minimum absolute atomic E-state index is 0.969. The van der Waals surface area contributed by atoms with Crippen LogP contribution in [0.5, 0.6) is 0 Å². The second-order valence-electron chi connectivity index (χ2n) is 4.12. The maximum Gasteiger partial charge on any atom is 0.0326 e. The molecule has 1 aliphatic heterocycles. The van der Waals surface area contributed by atoms with Crippen LogP contribution in [0, 0.1) is 0 Å². The van der Waals surface area contributed by atoms with Crippen LogP contribution >= 0.6 is 0 Å². The Morgan fingerprint density at radius 1 is 1.27 bits per heavy atom. The summed E-state index contributed by atoms with van der Waals surface area (Å²) in [6, 6.07) is 0. The number of allylic oxidation sites excluding steroid dienone is 4. The summed E-state index contributed by atoms with van der Waals surface area (Å²) in [6.07, 6.45) is 6.12.